The number of amides is 2. The number of halogens is 1. The van der Waals surface area contributed by atoms with Gasteiger partial charge in [0.25, 0.3) is 5.91 Å². The third-order valence-corrected chi connectivity index (χ3v) is 4.38. The number of aromatic nitrogens is 4. The van der Waals surface area contributed by atoms with Crippen LogP contribution in [0.15, 0.2) is 42.7 Å². The zero-order chi connectivity index (χ0) is 20.3. The molecule has 0 bridgehead atoms. The van der Waals surface area contributed by atoms with E-state index >= 15 is 0 Å². The van der Waals surface area contributed by atoms with Crippen molar-refractivity contribution in [3.05, 3.63) is 64.4 Å². The number of hydrogen-bond acceptors (Lipinski definition) is 6. The van der Waals surface area contributed by atoms with Gasteiger partial charge in [-0.2, -0.15) is 4.68 Å². The summed E-state index contributed by atoms with van der Waals surface area (Å²) in [7, 11) is 3.10. The van der Waals surface area contributed by atoms with Gasteiger partial charge in [-0.05, 0) is 34.2 Å². The molecule has 0 fully saturated rings. The lowest BCUT2D eigenvalue weighted by Gasteiger charge is -2.20. The first-order chi connectivity index (χ1) is 13.4. The number of tetrazole rings is 1. The normalized spacial score (nSPS) is 10.5. The monoisotopic (exact) mass is 400 g/mol. The second kappa shape index (κ2) is 8.05. The first kappa shape index (κ1) is 19.3. The Hall–Kier alpha value is -3.46. The number of rotatable bonds is 6. The predicted molar refractivity (Wildman–Crippen MR) is 101 cm³/mol. The molecule has 0 spiro atoms. The van der Waals surface area contributed by atoms with Gasteiger partial charge in [0, 0.05) is 25.2 Å². The Morgan fingerprint density at radius 2 is 2.07 bits per heavy atom. The summed E-state index contributed by atoms with van der Waals surface area (Å²) >= 11 is 6.32. The Morgan fingerprint density at radius 1 is 1.29 bits per heavy atom. The van der Waals surface area contributed by atoms with Crippen LogP contribution in [-0.2, 0) is 6.54 Å². The first-order valence-electron chi connectivity index (χ1n) is 8.15. The van der Waals surface area contributed by atoms with Gasteiger partial charge in [-0.25, -0.2) is 0 Å². The molecule has 3 rings (SSSR count). The van der Waals surface area contributed by atoms with Crippen molar-refractivity contribution in [2.45, 2.75) is 6.54 Å². The van der Waals surface area contributed by atoms with Crippen molar-refractivity contribution in [1.29, 1.82) is 0 Å². The second-order valence-corrected chi connectivity index (χ2v) is 6.39. The fourth-order valence-electron chi connectivity index (χ4n) is 2.70. The van der Waals surface area contributed by atoms with Crippen LogP contribution in [-0.4, -0.2) is 51.1 Å². The fourth-order valence-corrected chi connectivity index (χ4v) is 2.95. The maximum absolute atomic E-state index is 12.9. The molecule has 28 heavy (non-hydrogen) atoms. The van der Waals surface area contributed by atoms with E-state index in [1.165, 1.54) is 29.1 Å². The van der Waals surface area contributed by atoms with Crippen molar-refractivity contribution >= 4 is 23.4 Å². The summed E-state index contributed by atoms with van der Waals surface area (Å²) in [4.78, 5) is 25.8. The largest absolute Gasteiger partial charge is 0.496 e. The van der Waals surface area contributed by atoms with Gasteiger partial charge in [0.2, 0.25) is 5.91 Å². The third kappa shape index (κ3) is 3.94. The summed E-state index contributed by atoms with van der Waals surface area (Å²) in [5.41, 5.74) is 7.23. The summed E-state index contributed by atoms with van der Waals surface area (Å²) in [5, 5.41) is 11.2. The van der Waals surface area contributed by atoms with Crippen LogP contribution < -0.4 is 10.5 Å². The molecule has 1 heterocycles. The number of methoxy groups -OCH3 is 1. The highest BCUT2D eigenvalue weighted by Gasteiger charge is 2.20. The van der Waals surface area contributed by atoms with E-state index in [4.69, 9.17) is 22.1 Å². The lowest BCUT2D eigenvalue weighted by Crippen LogP contribution is -2.27. The van der Waals surface area contributed by atoms with Crippen LogP contribution in [0.25, 0.3) is 5.69 Å². The summed E-state index contributed by atoms with van der Waals surface area (Å²) in [5.74, 6) is -0.494. The molecule has 0 saturated carbocycles. The molecule has 0 saturated heterocycles. The number of carbonyl (C=O) groups is 2. The Kier molecular flexibility index (Phi) is 5.55. The predicted octanol–water partition coefficient (Wildman–Crippen LogP) is 1.70. The Morgan fingerprint density at radius 3 is 2.71 bits per heavy atom. The van der Waals surface area contributed by atoms with Gasteiger partial charge in [-0.3, -0.25) is 9.59 Å². The van der Waals surface area contributed by atoms with Crippen LogP contribution in [0.3, 0.4) is 0 Å². The maximum Gasteiger partial charge on any atom is 0.257 e. The van der Waals surface area contributed by atoms with E-state index in [9.17, 15) is 9.59 Å². The summed E-state index contributed by atoms with van der Waals surface area (Å²) in [6, 6.07) is 9.89. The van der Waals surface area contributed by atoms with Crippen molar-refractivity contribution < 1.29 is 14.3 Å². The minimum Gasteiger partial charge on any atom is -0.496 e. The van der Waals surface area contributed by atoms with E-state index in [2.05, 4.69) is 15.5 Å². The van der Waals surface area contributed by atoms with Gasteiger partial charge >= 0.3 is 0 Å². The summed E-state index contributed by atoms with van der Waals surface area (Å²) in [6.45, 7) is 0.273. The summed E-state index contributed by atoms with van der Waals surface area (Å²) < 4.78 is 6.74. The number of hydrogen-bond donors (Lipinski definition) is 1. The van der Waals surface area contributed by atoms with Gasteiger partial charge in [0.1, 0.15) is 12.1 Å². The molecule has 0 radical (unpaired) electrons. The number of nitrogens with two attached hydrogens (primary N) is 1. The molecule has 2 aromatic carbocycles. The Balaban J connectivity index is 1.88. The smallest absolute Gasteiger partial charge is 0.257 e. The van der Waals surface area contributed by atoms with Crippen LogP contribution >= 0.6 is 11.6 Å². The molecule has 10 heteroatoms. The van der Waals surface area contributed by atoms with E-state index in [0.717, 1.165) is 5.56 Å². The minimum atomic E-state index is -0.525. The van der Waals surface area contributed by atoms with Crippen LogP contribution in [0.2, 0.25) is 5.02 Å². The van der Waals surface area contributed by atoms with Crippen molar-refractivity contribution in [1.82, 2.24) is 25.1 Å². The lowest BCUT2D eigenvalue weighted by atomic mass is 10.1. The topological polar surface area (TPSA) is 116 Å². The van der Waals surface area contributed by atoms with Gasteiger partial charge in [-0.15, -0.1) is 5.10 Å². The molecule has 0 aliphatic rings. The highest BCUT2D eigenvalue weighted by Crippen LogP contribution is 2.30. The molecule has 0 unspecified atom stereocenters. The van der Waals surface area contributed by atoms with Gasteiger partial charge in [0.15, 0.2) is 0 Å². The standard InChI is InChI=1S/C18H17ClN6O3/c1-24(9-11-4-3-5-12(6-11)17(20)26)18(27)13-7-14(19)15(8-16(13)28-2)25-10-21-22-23-25/h3-8,10H,9H2,1-2H3,(H2,20,26). The van der Waals surface area contributed by atoms with Gasteiger partial charge in [0.05, 0.1) is 23.4 Å². The van der Waals surface area contributed by atoms with Gasteiger partial charge < -0.3 is 15.4 Å². The average Bonchev–Trinajstić information content (AvgIpc) is 3.21. The number of ether oxygens (including phenoxy) is 1. The molecule has 0 aliphatic carbocycles. The minimum absolute atomic E-state index is 0.273. The highest BCUT2D eigenvalue weighted by atomic mass is 35.5. The number of primary amides is 1. The zero-order valence-corrected chi connectivity index (χ0v) is 15.9. The second-order valence-electron chi connectivity index (χ2n) is 5.98. The molecule has 0 atom stereocenters. The summed E-state index contributed by atoms with van der Waals surface area (Å²) in [6.07, 6.45) is 1.39. The maximum atomic E-state index is 12.9. The van der Waals surface area contributed by atoms with Crippen molar-refractivity contribution in [3.8, 4) is 11.4 Å². The molecule has 3 aromatic rings. The quantitative estimate of drug-likeness (QED) is 0.673. The van der Waals surface area contributed by atoms with Crippen molar-refractivity contribution in [3.63, 3.8) is 0 Å². The third-order valence-electron chi connectivity index (χ3n) is 4.07. The molecular weight excluding hydrogens is 384 g/mol. The van der Waals surface area contributed by atoms with E-state index in [0.29, 0.717) is 22.0 Å². The molecule has 9 nitrogen and oxygen atoms in total. The SMILES string of the molecule is COc1cc(-n2cnnn2)c(Cl)cc1C(=O)N(C)Cc1cccc(C(N)=O)c1. The number of benzene rings is 2. The first-order valence-corrected chi connectivity index (χ1v) is 8.53. The van der Waals surface area contributed by atoms with E-state index in [-0.39, 0.29) is 18.0 Å². The number of carbonyl (C=O) groups excluding carboxylic acids is 2. The highest BCUT2D eigenvalue weighted by molar-refractivity contribution is 6.33. The van der Waals surface area contributed by atoms with Gasteiger partial charge in [-0.1, -0.05) is 23.7 Å². The Bertz CT molecular complexity index is 1020. The molecule has 0 aliphatic heterocycles. The molecule has 1 aromatic heterocycles. The average molecular weight is 401 g/mol. The van der Waals surface area contributed by atoms with Crippen molar-refractivity contribution in [2.75, 3.05) is 14.2 Å². The van der Waals surface area contributed by atoms with Crippen LogP contribution in [0.4, 0.5) is 0 Å². The molecule has 2 N–H and O–H groups in total. The van der Waals surface area contributed by atoms with E-state index in [1.54, 1.807) is 37.4 Å². The van der Waals surface area contributed by atoms with Crippen LogP contribution in [0, 0.1) is 0 Å². The molecule has 2 amide bonds. The van der Waals surface area contributed by atoms with Crippen LogP contribution in [0.1, 0.15) is 26.3 Å². The van der Waals surface area contributed by atoms with E-state index in [1.807, 2.05) is 0 Å². The van der Waals surface area contributed by atoms with E-state index < -0.39 is 5.91 Å². The van der Waals surface area contributed by atoms with Crippen LogP contribution in [0.5, 0.6) is 5.75 Å². The zero-order valence-electron chi connectivity index (χ0n) is 15.2. The fraction of sp³-hybridized carbons (Fsp3) is 0.167. The number of nitrogens with zero attached hydrogens (tertiary/aromatic N) is 5. The lowest BCUT2D eigenvalue weighted by molar-refractivity contribution is 0.0781. The molecular formula is C18H17ClN6O3. The van der Waals surface area contributed by atoms with Crippen molar-refractivity contribution in [2.24, 2.45) is 5.73 Å². The Labute approximate surface area is 165 Å². The molecule has 144 valence electrons.